The number of rotatable bonds is 8. The monoisotopic (exact) mass is 433 g/mol. The Hall–Kier alpha value is -3.07. The van der Waals surface area contributed by atoms with Crippen molar-refractivity contribution in [1.29, 1.82) is 0 Å². The largest absolute Gasteiger partial charge is 0.493 e. The van der Waals surface area contributed by atoms with E-state index < -0.39 is 24.5 Å². The number of esters is 2. The van der Waals surface area contributed by atoms with E-state index in [1.165, 1.54) is 31.6 Å². The number of hydrogen-bond acceptors (Lipinski definition) is 8. The van der Waals surface area contributed by atoms with Crippen molar-refractivity contribution < 1.29 is 33.3 Å². The second-order valence-corrected chi connectivity index (χ2v) is 7.55. The maximum Gasteiger partial charge on any atom is 0.342 e. The quantitative estimate of drug-likeness (QED) is 0.638. The number of ether oxygens (including phenoxy) is 4. The van der Waals surface area contributed by atoms with E-state index in [0.29, 0.717) is 16.3 Å². The molecule has 1 aliphatic rings. The molecule has 0 fully saturated rings. The summed E-state index contributed by atoms with van der Waals surface area (Å²) >= 11 is 1.36. The van der Waals surface area contributed by atoms with Gasteiger partial charge < -0.3 is 24.3 Å². The summed E-state index contributed by atoms with van der Waals surface area (Å²) < 4.78 is 20.7. The fourth-order valence-electron chi connectivity index (χ4n) is 3.33. The van der Waals surface area contributed by atoms with Crippen LogP contribution >= 0.6 is 11.3 Å². The lowest BCUT2D eigenvalue weighted by atomic mass is 10.1. The predicted octanol–water partition coefficient (Wildman–Crippen LogP) is 3.23. The Morgan fingerprint density at radius 1 is 1.07 bits per heavy atom. The lowest BCUT2D eigenvalue weighted by Crippen LogP contribution is -2.22. The number of fused-ring (bicyclic) bond motifs is 1. The van der Waals surface area contributed by atoms with Crippen LogP contribution in [0.15, 0.2) is 18.2 Å². The molecule has 1 aromatic carbocycles. The van der Waals surface area contributed by atoms with Crippen molar-refractivity contribution in [3.8, 4) is 11.5 Å². The zero-order chi connectivity index (χ0) is 21.7. The van der Waals surface area contributed by atoms with Crippen LogP contribution in [0.1, 0.15) is 44.5 Å². The maximum absolute atomic E-state index is 12.4. The van der Waals surface area contributed by atoms with Gasteiger partial charge in [0.05, 0.1) is 26.4 Å². The third-order valence-corrected chi connectivity index (χ3v) is 5.82. The van der Waals surface area contributed by atoms with E-state index in [1.54, 1.807) is 19.1 Å². The number of thiophene rings is 1. The first-order valence-corrected chi connectivity index (χ1v) is 10.3. The summed E-state index contributed by atoms with van der Waals surface area (Å²) in [6, 6.07) is 4.79. The molecule has 0 atom stereocenters. The summed E-state index contributed by atoms with van der Waals surface area (Å²) in [5.41, 5.74) is 1.49. The Balaban J connectivity index is 1.69. The zero-order valence-electron chi connectivity index (χ0n) is 17.0. The van der Waals surface area contributed by atoms with Crippen molar-refractivity contribution >= 4 is 34.2 Å². The Morgan fingerprint density at radius 3 is 2.57 bits per heavy atom. The predicted molar refractivity (Wildman–Crippen MR) is 111 cm³/mol. The molecule has 160 valence electrons. The molecule has 1 amide bonds. The van der Waals surface area contributed by atoms with Crippen molar-refractivity contribution in [2.24, 2.45) is 0 Å². The smallest absolute Gasteiger partial charge is 0.342 e. The summed E-state index contributed by atoms with van der Waals surface area (Å²) in [4.78, 5) is 38.3. The van der Waals surface area contributed by atoms with Crippen LogP contribution in [0.3, 0.4) is 0 Å². The first-order chi connectivity index (χ1) is 14.5. The van der Waals surface area contributed by atoms with Crippen molar-refractivity contribution in [3.05, 3.63) is 39.8 Å². The summed E-state index contributed by atoms with van der Waals surface area (Å²) in [6.07, 6.45) is 2.62. The lowest BCUT2D eigenvalue weighted by Gasteiger charge is -2.12. The molecule has 1 aromatic heterocycles. The minimum atomic E-state index is -0.722. The normalized spacial score (nSPS) is 12.1. The minimum absolute atomic E-state index is 0.145. The highest BCUT2D eigenvalue weighted by molar-refractivity contribution is 7.17. The number of amides is 1. The Labute approximate surface area is 178 Å². The molecule has 0 saturated heterocycles. The third kappa shape index (κ3) is 4.40. The van der Waals surface area contributed by atoms with Gasteiger partial charge in [-0.2, -0.15) is 0 Å². The molecule has 3 rings (SSSR count). The van der Waals surface area contributed by atoms with Crippen LogP contribution in [-0.4, -0.2) is 45.3 Å². The van der Waals surface area contributed by atoms with Crippen LogP contribution in [0.2, 0.25) is 0 Å². The molecule has 9 heteroatoms. The molecular weight excluding hydrogens is 410 g/mol. The highest BCUT2D eigenvalue weighted by Crippen LogP contribution is 2.39. The van der Waals surface area contributed by atoms with Gasteiger partial charge in [-0.25, -0.2) is 9.59 Å². The minimum Gasteiger partial charge on any atom is -0.493 e. The molecule has 0 spiro atoms. The van der Waals surface area contributed by atoms with Crippen molar-refractivity contribution in [2.45, 2.75) is 26.2 Å². The first-order valence-electron chi connectivity index (χ1n) is 9.49. The fraction of sp³-hybridized carbons (Fsp3) is 0.381. The van der Waals surface area contributed by atoms with Crippen molar-refractivity contribution in [1.82, 2.24) is 0 Å². The fourth-order valence-corrected chi connectivity index (χ4v) is 4.62. The topological polar surface area (TPSA) is 100 Å². The second kappa shape index (κ2) is 9.62. The number of nitrogens with one attached hydrogen (secondary N) is 1. The number of carbonyl (C=O) groups excluding carboxylic acids is 3. The molecular formula is C21H23NO7S. The highest BCUT2D eigenvalue weighted by atomic mass is 32.1. The van der Waals surface area contributed by atoms with E-state index in [9.17, 15) is 14.4 Å². The van der Waals surface area contributed by atoms with Crippen LogP contribution in [0.4, 0.5) is 5.00 Å². The first kappa shape index (κ1) is 21.6. The van der Waals surface area contributed by atoms with Crippen LogP contribution in [0, 0.1) is 0 Å². The van der Waals surface area contributed by atoms with Crippen molar-refractivity contribution in [3.63, 3.8) is 0 Å². The van der Waals surface area contributed by atoms with Crippen LogP contribution < -0.4 is 14.8 Å². The van der Waals surface area contributed by atoms with Crippen LogP contribution in [0.5, 0.6) is 11.5 Å². The van der Waals surface area contributed by atoms with Gasteiger partial charge in [0.15, 0.2) is 18.1 Å². The Bertz CT molecular complexity index is 967. The number of hydrogen-bond donors (Lipinski definition) is 1. The summed E-state index contributed by atoms with van der Waals surface area (Å²) in [7, 11) is 2.87. The van der Waals surface area contributed by atoms with Gasteiger partial charge in [0.25, 0.3) is 5.91 Å². The number of para-hydroxylation sites is 1. The number of methoxy groups -OCH3 is 2. The summed E-state index contributed by atoms with van der Waals surface area (Å²) in [6.45, 7) is 1.47. The molecule has 8 nitrogen and oxygen atoms in total. The van der Waals surface area contributed by atoms with E-state index >= 15 is 0 Å². The van der Waals surface area contributed by atoms with E-state index in [-0.39, 0.29) is 17.9 Å². The van der Waals surface area contributed by atoms with Gasteiger partial charge in [-0.3, -0.25) is 4.79 Å². The Kier molecular flexibility index (Phi) is 6.94. The summed E-state index contributed by atoms with van der Waals surface area (Å²) in [5, 5.41) is 3.11. The molecule has 0 unspecified atom stereocenters. The maximum atomic E-state index is 12.4. The third-order valence-electron chi connectivity index (χ3n) is 4.61. The molecule has 1 aliphatic carbocycles. The van der Waals surface area contributed by atoms with Gasteiger partial charge in [0.1, 0.15) is 10.6 Å². The molecule has 1 N–H and O–H groups in total. The number of carbonyl (C=O) groups is 3. The number of aryl methyl sites for hydroxylation is 1. The molecule has 0 bridgehead atoms. The Morgan fingerprint density at radius 2 is 1.87 bits per heavy atom. The van der Waals surface area contributed by atoms with Crippen LogP contribution in [-0.2, 0) is 27.1 Å². The standard InChI is InChI=1S/C21H23NO7S/c1-4-28-21(25)17-12-7-6-10-15(12)30-19(17)22-16(23)11-29-20(24)13-8-5-9-14(26-2)18(13)27-3/h5,8-9H,4,6-7,10-11H2,1-3H3,(H,22,23). The highest BCUT2D eigenvalue weighted by Gasteiger charge is 2.28. The SMILES string of the molecule is CCOC(=O)c1c(NC(=O)COC(=O)c2cccc(OC)c2OC)sc2c1CCC2. The van der Waals surface area contributed by atoms with Gasteiger partial charge >= 0.3 is 11.9 Å². The number of anilines is 1. The van der Waals surface area contributed by atoms with Gasteiger partial charge in [-0.05, 0) is 43.9 Å². The molecule has 0 radical (unpaired) electrons. The van der Waals surface area contributed by atoms with Gasteiger partial charge in [-0.15, -0.1) is 11.3 Å². The number of benzene rings is 1. The van der Waals surface area contributed by atoms with E-state index in [1.807, 2.05) is 0 Å². The van der Waals surface area contributed by atoms with Crippen LogP contribution in [0.25, 0.3) is 0 Å². The van der Waals surface area contributed by atoms with Gasteiger partial charge in [0.2, 0.25) is 0 Å². The zero-order valence-corrected chi connectivity index (χ0v) is 17.9. The molecule has 2 aromatic rings. The van der Waals surface area contributed by atoms with Gasteiger partial charge in [0, 0.05) is 4.88 Å². The molecule has 1 heterocycles. The van der Waals surface area contributed by atoms with E-state index in [4.69, 9.17) is 18.9 Å². The average molecular weight is 433 g/mol. The summed E-state index contributed by atoms with van der Waals surface area (Å²) in [5.74, 6) is -1.12. The molecule has 0 aliphatic heterocycles. The molecule has 0 saturated carbocycles. The van der Waals surface area contributed by atoms with Crippen molar-refractivity contribution in [2.75, 3.05) is 32.8 Å². The van der Waals surface area contributed by atoms with E-state index in [2.05, 4.69) is 5.32 Å². The lowest BCUT2D eigenvalue weighted by molar-refractivity contribution is -0.119. The van der Waals surface area contributed by atoms with E-state index in [0.717, 1.165) is 29.7 Å². The molecule has 30 heavy (non-hydrogen) atoms. The average Bonchev–Trinajstić information content (AvgIpc) is 3.32. The second-order valence-electron chi connectivity index (χ2n) is 6.45. The van der Waals surface area contributed by atoms with Gasteiger partial charge in [-0.1, -0.05) is 6.07 Å².